The summed E-state index contributed by atoms with van der Waals surface area (Å²) in [5, 5.41) is 2.36. The zero-order chi connectivity index (χ0) is 15.0. The molecule has 1 amide bonds. The molecule has 0 saturated heterocycles. The van der Waals surface area contributed by atoms with Crippen molar-refractivity contribution in [3.05, 3.63) is 35.9 Å². The summed E-state index contributed by atoms with van der Waals surface area (Å²) in [5.41, 5.74) is 0.864. The maximum Gasteiger partial charge on any atom is 0.313 e. The number of carbonyl (C=O) groups excluding carboxylic acids is 3. The quantitative estimate of drug-likeness (QED) is 0.457. The minimum absolute atomic E-state index is 0.207. The first-order valence-electron chi connectivity index (χ1n) is 6.31. The van der Waals surface area contributed by atoms with E-state index in [9.17, 15) is 14.4 Å². The van der Waals surface area contributed by atoms with Crippen LogP contribution in [0, 0.1) is 0 Å². The maximum atomic E-state index is 12.0. The third kappa shape index (κ3) is 5.69. The molecule has 1 atom stereocenters. The number of carbonyl (C=O) groups is 3. The Morgan fingerprint density at radius 1 is 1.25 bits per heavy atom. The maximum absolute atomic E-state index is 12.0. The molecule has 0 heterocycles. The molecule has 1 aromatic carbocycles. The minimum Gasteiger partial charge on any atom is -0.466 e. The number of amides is 1. The van der Waals surface area contributed by atoms with Crippen LogP contribution in [0.25, 0.3) is 0 Å². The van der Waals surface area contributed by atoms with Crippen LogP contribution in [-0.4, -0.2) is 38.1 Å². The van der Waals surface area contributed by atoms with Gasteiger partial charge in [-0.25, -0.2) is 0 Å². The Balaban J connectivity index is 2.70. The summed E-state index contributed by atoms with van der Waals surface area (Å²) < 4.78 is 4.71. The topological polar surface area (TPSA) is 72.5 Å². The fourth-order valence-electron chi connectivity index (χ4n) is 1.74. The second-order valence-electron chi connectivity index (χ2n) is 4.20. The molecule has 0 fully saturated rings. The van der Waals surface area contributed by atoms with Gasteiger partial charge < -0.3 is 10.1 Å². The minimum atomic E-state index is -0.834. The molecule has 1 rings (SSSR count). The third-order valence-corrected chi connectivity index (χ3v) is 2.61. The largest absolute Gasteiger partial charge is 0.466 e. The van der Waals surface area contributed by atoms with Gasteiger partial charge in [0.25, 0.3) is 0 Å². The number of nitrogens with one attached hydrogen (secondary N) is 1. The van der Waals surface area contributed by atoms with Crippen LogP contribution >= 0.6 is 0 Å². The number of hydrogen-bond acceptors (Lipinski definition) is 4. The van der Waals surface area contributed by atoms with Gasteiger partial charge >= 0.3 is 5.97 Å². The van der Waals surface area contributed by atoms with Crippen LogP contribution in [0.2, 0.25) is 0 Å². The number of ketones is 1. The summed E-state index contributed by atoms with van der Waals surface area (Å²) >= 11 is 0. The van der Waals surface area contributed by atoms with Crippen LogP contribution < -0.4 is 5.32 Å². The third-order valence-electron chi connectivity index (χ3n) is 2.61. The van der Waals surface area contributed by atoms with E-state index >= 15 is 0 Å². The van der Waals surface area contributed by atoms with E-state index < -0.39 is 23.6 Å². The van der Waals surface area contributed by atoms with Crippen molar-refractivity contribution < 1.29 is 19.1 Å². The highest BCUT2D eigenvalue weighted by molar-refractivity contribution is 6.57. The molecule has 0 aromatic heterocycles. The standard InChI is InChI=1S/C14H16BNO4/c1-2-20-13(18)9-12(17)11(16-14(15)19)8-10-6-4-3-5-7-10/h3-7,11H,2,8-9H2,1H3,(H,16,19). The summed E-state index contributed by atoms with van der Waals surface area (Å²) in [6.45, 7) is 1.87. The van der Waals surface area contributed by atoms with E-state index in [1.165, 1.54) is 0 Å². The van der Waals surface area contributed by atoms with E-state index in [1.54, 1.807) is 6.92 Å². The molecule has 104 valence electrons. The van der Waals surface area contributed by atoms with Crippen LogP contribution in [-0.2, 0) is 20.7 Å². The van der Waals surface area contributed by atoms with E-state index in [0.717, 1.165) is 5.56 Å². The number of ether oxygens (including phenoxy) is 1. The lowest BCUT2D eigenvalue weighted by atomic mass is 9.98. The molecule has 6 heteroatoms. The van der Waals surface area contributed by atoms with Crippen LogP contribution in [0.1, 0.15) is 18.9 Å². The first-order chi connectivity index (χ1) is 9.52. The summed E-state index contributed by atoms with van der Waals surface area (Å²) in [4.78, 5) is 34.3. The molecule has 0 spiro atoms. The Morgan fingerprint density at radius 3 is 2.45 bits per heavy atom. The van der Waals surface area contributed by atoms with E-state index in [0.29, 0.717) is 0 Å². The summed E-state index contributed by atoms with van der Waals surface area (Å²) in [7, 11) is 5.06. The number of benzene rings is 1. The van der Waals surface area contributed by atoms with Gasteiger partial charge in [0.15, 0.2) is 11.6 Å². The smallest absolute Gasteiger partial charge is 0.313 e. The van der Waals surface area contributed by atoms with Gasteiger partial charge in [0.05, 0.1) is 12.6 Å². The van der Waals surface area contributed by atoms with E-state index in [-0.39, 0.29) is 19.4 Å². The molecule has 0 aliphatic heterocycles. The molecule has 2 radical (unpaired) electrons. The normalized spacial score (nSPS) is 11.4. The SMILES string of the molecule is [B]C(=O)NC(Cc1ccccc1)C(=O)CC(=O)OCC. The van der Waals surface area contributed by atoms with E-state index in [4.69, 9.17) is 12.6 Å². The molecule has 1 N–H and O–H groups in total. The molecular weight excluding hydrogens is 257 g/mol. The summed E-state index contributed by atoms with van der Waals surface area (Å²) in [5.74, 6) is -1.84. The van der Waals surface area contributed by atoms with Crippen molar-refractivity contribution in [2.75, 3.05) is 6.61 Å². The Morgan fingerprint density at radius 2 is 1.90 bits per heavy atom. The molecule has 0 saturated carbocycles. The fraction of sp³-hybridized carbons (Fsp3) is 0.357. The number of esters is 1. The monoisotopic (exact) mass is 273 g/mol. The lowest BCUT2D eigenvalue weighted by molar-refractivity contribution is -0.145. The predicted octanol–water partition coefficient (Wildman–Crippen LogP) is 0.998. The Kier molecular flexibility index (Phi) is 6.49. The average Bonchev–Trinajstić information content (AvgIpc) is 2.38. The molecule has 1 aromatic rings. The second kappa shape index (κ2) is 8.14. The van der Waals surface area contributed by atoms with Crippen molar-refractivity contribution in [1.82, 2.24) is 5.32 Å². The van der Waals surface area contributed by atoms with Gasteiger partial charge in [-0.3, -0.25) is 14.4 Å². The first kappa shape index (κ1) is 16.0. The summed E-state index contributed by atoms with van der Waals surface area (Å²) in [6, 6.07) is 8.32. The Hall–Kier alpha value is -2.11. The number of Topliss-reactive ketones (excluding diaryl/α,β-unsaturated/α-hetero) is 1. The zero-order valence-corrected chi connectivity index (χ0v) is 11.3. The molecule has 0 bridgehead atoms. The van der Waals surface area contributed by atoms with Crippen LogP contribution in [0.15, 0.2) is 30.3 Å². The zero-order valence-electron chi connectivity index (χ0n) is 11.3. The van der Waals surface area contributed by atoms with E-state index in [1.807, 2.05) is 30.3 Å². The first-order valence-corrected chi connectivity index (χ1v) is 6.31. The van der Waals surface area contributed by atoms with Crippen molar-refractivity contribution in [3.8, 4) is 0 Å². The highest BCUT2D eigenvalue weighted by Gasteiger charge is 2.22. The Labute approximate surface area is 119 Å². The lowest BCUT2D eigenvalue weighted by Crippen LogP contribution is -2.42. The van der Waals surface area contributed by atoms with Gasteiger partial charge in [0.1, 0.15) is 6.42 Å². The fourth-order valence-corrected chi connectivity index (χ4v) is 1.74. The van der Waals surface area contributed by atoms with Crippen molar-refractivity contribution in [3.63, 3.8) is 0 Å². The van der Waals surface area contributed by atoms with Gasteiger partial charge in [0.2, 0.25) is 7.85 Å². The molecule has 0 aliphatic carbocycles. The number of hydrogen-bond donors (Lipinski definition) is 1. The lowest BCUT2D eigenvalue weighted by Gasteiger charge is -2.16. The molecule has 0 aliphatic rings. The van der Waals surface area contributed by atoms with Crippen LogP contribution in [0.5, 0.6) is 0 Å². The molecule has 1 unspecified atom stereocenters. The van der Waals surface area contributed by atoms with Gasteiger partial charge in [-0.2, -0.15) is 0 Å². The van der Waals surface area contributed by atoms with Crippen LogP contribution in [0.3, 0.4) is 0 Å². The number of rotatable bonds is 7. The Bertz CT molecular complexity index is 475. The molecule has 20 heavy (non-hydrogen) atoms. The van der Waals surface area contributed by atoms with Crippen LogP contribution in [0.4, 0.5) is 4.79 Å². The van der Waals surface area contributed by atoms with Crippen molar-refractivity contribution >= 4 is 25.4 Å². The average molecular weight is 273 g/mol. The molecule has 5 nitrogen and oxygen atoms in total. The van der Waals surface area contributed by atoms with E-state index in [2.05, 4.69) is 5.32 Å². The van der Waals surface area contributed by atoms with Gasteiger partial charge in [0, 0.05) is 0 Å². The van der Waals surface area contributed by atoms with Gasteiger partial charge in [-0.15, -0.1) is 0 Å². The predicted molar refractivity (Wildman–Crippen MR) is 74.5 cm³/mol. The van der Waals surface area contributed by atoms with Crippen molar-refractivity contribution in [2.45, 2.75) is 25.8 Å². The highest BCUT2D eigenvalue weighted by atomic mass is 16.5. The van der Waals surface area contributed by atoms with Gasteiger partial charge in [-0.1, -0.05) is 30.3 Å². The van der Waals surface area contributed by atoms with Crippen molar-refractivity contribution in [2.24, 2.45) is 0 Å². The van der Waals surface area contributed by atoms with Gasteiger partial charge in [-0.05, 0) is 18.9 Å². The summed E-state index contributed by atoms with van der Waals surface area (Å²) in [6.07, 6.45) is -0.104. The highest BCUT2D eigenvalue weighted by Crippen LogP contribution is 2.06. The molecular formula is C14H16BNO4. The second-order valence-corrected chi connectivity index (χ2v) is 4.20. The van der Waals surface area contributed by atoms with Crippen molar-refractivity contribution in [1.29, 1.82) is 0 Å².